The topological polar surface area (TPSA) is 56.7 Å². The molecule has 2 N–H and O–H groups in total. The molecular weight excluding hydrogens is 184 g/mol. The lowest BCUT2D eigenvalue weighted by Gasteiger charge is -1.97. The molecule has 0 amide bonds. The van der Waals surface area contributed by atoms with Gasteiger partial charge in [0.25, 0.3) is 0 Å². The number of aryl methyl sites for hydroxylation is 1. The van der Waals surface area contributed by atoms with Crippen LogP contribution in [0, 0.1) is 0 Å². The van der Waals surface area contributed by atoms with Crippen molar-refractivity contribution < 1.29 is 0 Å². The lowest BCUT2D eigenvalue weighted by Crippen LogP contribution is -2.12. The predicted molar refractivity (Wildman–Crippen MR) is 55.4 cm³/mol. The molecule has 1 heterocycles. The standard InChI is InChI=1S/C8H14N4S/c1-2-3-4-5-12-6-10-8(11-12)7(9)13/h6H,2-5H2,1H3,(H2,9,13). The maximum absolute atomic E-state index is 5.38. The van der Waals surface area contributed by atoms with Gasteiger partial charge in [-0.1, -0.05) is 32.0 Å². The van der Waals surface area contributed by atoms with E-state index in [1.807, 2.05) is 0 Å². The largest absolute Gasteiger partial charge is 0.387 e. The van der Waals surface area contributed by atoms with E-state index in [4.69, 9.17) is 18.0 Å². The maximum Gasteiger partial charge on any atom is 0.208 e. The minimum atomic E-state index is 0.259. The Bertz CT molecular complexity index is 281. The average molecular weight is 198 g/mol. The van der Waals surface area contributed by atoms with Crippen LogP contribution < -0.4 is 5.73 Å². The third-order valence-corrected chi connectivity index (χ3v) is 1.93. The van der Waals surface area contributed by atoms with E-state index in [1.54, 1.807) is 11.0 Å². The minimum absolute atomic E-state index is 0.259. The number of hydrogen-bond donors (Lipinski definition) is 1. The lowest BCUT2D eigenvalue weighted by molar-refractivity contribution is 0.551. The fourth-order valence-corrected chi connectivity index (χ4v) is 1.13. The average Bonchev–Trinajstić information content (AvgIpc) is 2.53. The number of unbranched alkanes of at least 4 members (excludes halogenated alkanes) is 2. The summed E-state index contributed by atoms with van der Waals surface area (Å²) in [6.07, 6.45) is 5.21. The normalized spacial score (nSPS) is 10.2. The van der Waals surface area contributed by atoms with Crippen molar-refractivity contribution >= 4 is 17.2 Å². The van der Waals surface area contributed by atoms with Gasteiger partial charge in [0.05, 0.1) is 0 Å². The van der Waals surface area contributed by atoms with Crippen molar-refractivity contribution in [2.75, 3.05) is 0 Å². The van der Waals surface area contributed by atoms with Gasteiger partial charge in [-0.2, -0.15) is 0 Å². The highest BCUT2D eigenvalue weighted by Gasteiger charge is 2.01. The molecule has 13 heavy (non-hydrogen) atoms. The van der Waals surface area contributed by atoms with Crippen molar-refractivity contribution in [2.24, 2.45) is 5.73 Å². The smallest absolute Gasteiger partial charge is 0.208 e. The maximum atomic E-state index is 5.38. The summed E-state index contributed by atoms with van der Waals surface area (Å²) in [5.41, 5.74) is 5.38. The number of rotatable bonds is 5. The Morgan fingerprint density at radius 3 is 2.92 bits per heavy atom. The molecule has 4 nitrogen and oxygen atoms in total. The molecule has 0 atom stereocenters. The minimum Gasteiger partial charge on any atom is -0.387 e. The molecule has 0 aromatic carbocycles. The van der Waals surface area contributed by atoms with Gasteiger partial charge >= 0.3 is 0 Å². The van der Waals surface area contributed by atoms with Crippen LogP contribution in [0.3, 0.4) is 0 Å². The summed E-state index contributed by atoms with van der Waals surface area (Å²) >= 11 is 4.75. The Kier molecular flexibility index (Phi) is 3.82. The van der Waals surface area contributed by atoms with E-state index in [0.717, 1.165) is 13.0 Å². The van der Waals surface area contributed by atoms with E-state index in [0.29, 0.717) is 5.82 Å². The zero-order valence-corrected chi connectivity index (χ0v) is 8.55. The summed E-state index contributed by atoms with van der Waals surface area (Å²) < 4.78 is 1.78. The van der Waals surface area contributed by atoms with Crippen LogP contribution in [0.5, 0.6) is 0 Å². The van der Waals surface area contributed by atoms with Crippen LogP contribution in [0.2, 0.25) is 0 Å². The Morgan fingerprint density at radius 2 is 2.38 bits per heavy atom. The molecule has 1 aromatic heterocycles. The first-order chi connectivity index (χ1) is 6.24. The predicted octanol–water partition coefficient (Wildman–Crippen LogP) is 1.10. The molecule has 5 heteroatoms. The number of thiocarbonyl (C=S) groups is 1. The molecule has 1 rings (SSSR count). The number of nitrogens with two attached hydrogens (primary N) is 1. The van der Waals surface area contributed by atoms with Crippen LogP contribution in [-0.2, 0) is 6.54 Å². The zero-order chi connectivity index (χ0) is 9.68. The first-order valence-electron chi connectivity index (χ1n) is 4.43. The molecule has 0 spiro atoms. The molecule has 0 bridgehead atoms. The van der Waals surface area contributed by atoms with Crippen LogP contribution in [-0.4, -0.2) is 19.8 Å². The Balaban J connectivity index is 2.44. The second-order valence-electron chi connectivity index (χ2n) is 2.90. The fraction of sp³-hybridized carbons (Fsp3) is 0.625. The summed E-state index contributed by atoms with van der Waals surface area (Å²) in [5.74, 6) is 0.464. The van der Waals surface area contributed by atoms with Gasteiger partial charge in [0.15, 0.2) is 0 Å². The highest BCUT2D eigenvalue weighted by Crippen LogP contribution is 1.97. The third kappa shape index (κ3) is 3.10. The van der Waals surface area contributed by atoms with Crippen molar-refractivity contribution in [2.45, 2.75) is 32.7 Å². The molecule has 0 radical (unpaired) electrons. The monoisotopic (exact) mass is 198 g/mol. The van der Waals surface area contributed by atoms with Gasteiger partial charge in [-0.25, -0.2) is 4.98 Å². The summed E-state index contributed by atoms with van der Waals surface area (Å²) in [5, 5.41) is 4.12. The summed E-state index contributed by atoms with van der Waals surface area (Å²) in [6.45, 7) is 3.06. The Labute approximate surface area is 83.1 Å². The van der Waals surface area contributed by atoms with Gasteiger partial charge in [0.2, 0.25) is 5.82 Å². The van der Waals surface area contributed by atoms with Crippen LogP contribution >= 0.6 is 12.2 Å². The zero-order valence-electron chi connectivity index (χ0n) is 7.73. The van der Waals surface area contributed by atoms with E-state index in [9.17, 15) is 0 Å². The number of hydrogen-bond acceptors (Lipinski definition) is 3. The molecule has 1 aromatic rings. The molecule has 0 fully saturated rings. The highest BCUT2D eigenvalue weighted by molar-refractivity contribution is 7.80. The van der Waals surface area contributed by atoms with Gasteiger partial charge in [0.1, 0.15) is 11.3 Å². The molecule has 0 aliphatic heterocycles. The van der Waals surface area contributed by atoms with Crippen LogP contribution in [0.1, 0.15) is 32.0 Å². The summed E-state index contributed by atoms with van der Waals surface area (Å²) in [6, 6.07) is 0. The highest BCUT2D eigenvalue weighted by atomic mass is 32.1. The lowest BCUT2D eigenvalue weighted by atomic mass is 10.2. The van der Waals surface area contributed by atoms with E-state index in [1.165, 1.54) is 12.8 Å². The van der Waals surface area contributed by atoms with E-state index in [-0.39, 0.29) is 4.99 Å². The first kappa shape index (κ1) is 10.1. The van der Waals surface area contributed by atoms with Crippen molar-refractivity contribution in [1.82, 2.24) is 14.8 Å². The van der Waals surface area contributed by atoms with Gasteiger partial charge in [-0.15, -0.1) is 5.10 Å². The van der Waals surface area contributed by atoms with Gasteiger partial charge in [0, 0.05) is 6.54 Å². The second-order valence-corrected chi connectivity index (χ2v) is 3.34. The second kappa shape index (κ2) is 4.91. The molecule has 0 saturated carbocycles. The van der Waals surface area contributed by atoms with E-state index < -0.39 is 0 Å². The molecule has 0 aliphatic carbocycles. The van der Waals surface area contributed by atoms with Gasteiger partial charge < -0.3 is 5.73 Å². The fourth-order valence-electron chi connectivity index (χ4n) is 1.04. The quantitative estimate of drug-likeness (QED) is 0.568. The van der Waals surface area contributed by atoms with Crippen molar-refractivity contribution in [3.63, 3.8) is 0 Å². The molecule has 0 saturated heterocycles. The number of aromatic nitrogens is 3. The Hall–Kier alpha value is -0.970. The van der Waals surface area contributed by atoms with Crippen molar-refractivity contribution in [3.05, 3.63) is 12.2 Å². The molecule has 0 unspecified atom stereocenters. The van der Waals surface area contributed by atoms with Gasteiger partial charge in [-0.3, -0.25) is 4.68 Å². The van der Waals surface area contributed by atoms with Crippen molar-refractivity contribution in [3.8, 4) is 0 Å². The van der Waals surface area contributed by atoms with E-state index in [2.05, 4.69) is 17.0 Å². The van der Waals surface area contributed by atoms with Crippen LogP contribution in [0.15, 0.2) is 6.33 Å². The summed E-state index contributed by atoms with van der Waals surface area (Å²) in [4.78, 5) is 4.24. The molecular formula is C8H14N4S. The van der Waals surface area contributed by atoms with Crippen LogP contribution in [0.25, 0.3) is 0 Å². The number of nitrogens with zero attached hydrogens (tertiary/aromatic N) is 3. The van der Waals surface area contributed by atoms with Crippen LogP contribution in [0.4, 0.5) is 0 Å². The third-order valence-electron chi connectivity index (χ3n) is 1.75. The Morgan fingerprint density at radius 1 is 1.62 bits per heavy atom. The molecule has 0 aliphatic rings. The van der Waals surface area contributed by atoms with Gasteiger partial charge in [-0.05, 0) is 6.42 Å². The first-order valence-corrected chi connectivity index (χ1v) is 4.84. The van der Waals surface area contributed by atoms with E-state index >= 15 is 0 Å². The summed E-state index contributed by atoms with van der Waals surface area (Å²) in [7, 11) is 0. The SMILES string of the molecule is CCCCCn1cnc(C(N)=S)n1. The molecule has 72 valence electrons. The van der Waals surface area contributed by atoms with Crippen molar-refractivity contribution in [1.29, 1.82) is 0 Å².